The number of hydrogen-bond donors (Lipinski definition) is 2. The zero-order valence-corrected chi connectivity index (χ0v) is 20.4. The monoisotopic (exact) mass is 544 g/mol. The highest BCUT2D eigenvalue weighted by molar-refractivity contribution is 14.0. The van der Waals surface area contributed by atoms with Crippen LogP contribution in [0.3, 0.4) is 0 Å². The smallest absolute Gasteiger partial charge is 0.216 e. The van der Waals surface area contributed by atoms with Gasteiger partial charge in [-0.15, -0.1) is 24.0 Å². The van der Waals surface area contributed by atoms with Gasteiger partial charge in [0.25, 0.3) is 0 Å². The lowest BCUT2D eigenvalue weighted by Crippen LogP contribution is -2.47. The summed E-state index contributed by atoms with van der Waals surface area (Å²) in [5, 5.41) is 10.6. The maximum absolute atomic E-state index is 6.12. The minimum Gasteiger partial charge on any atom is -0.461 e. The summed E-state index contributed by atoms with van der Waals surface area (Å²) in [4.78, 5) is 11.2. The van der Waals surface area contributed by atoms with Crippen LogP contribution in [-0.2, 0) is 15.9 Å². The fraction of sp³-hybridized carbons (Fsp3) is 0.667. The number of H-pyrrole nitrogens is 1. The topological polar surface area (TPSA) is 101 Å². The fourth-order valence-electron chi connectivity index (χ4n) is 3.96. The molecule has 2 aromatic rings. The van der Waals surface area contributed by atoms with E-state index >= 15 is 0 Å². The molecule has 4 rings (SSSR count). The molecule has 2 aromatic heterocycles. The summed E-state index contributed by atoms with van der Waals surface area (Å²) < 4.78 is 17.2. The minimum absolute atomic E-state index is 0. The van der Waals surface area contributed by atoms with Crippen LogP contribution in [0.1, 0.15) is 37.9 Å². The van der Waals surface area contributed by atoms with Gasteiger partial charge in [-0.05, 0) is 44.2 Å². The fourth-order valence-corrected chi connectivity index (χ4v) is 3.96. The number of furan rings is 1. The van der Waals surface area contributed by atoms with Crippen molar-refractivity contribution in [3.8, 4) is 11.6 Å². The molecule has 0 saturated carbocycles. The molecule has 10 heteroatoms. The van der Waals surface area contributed by atoms with E-state index in [4.69, 9.17) is 13.9 Å². The van der Waals surface area contributed by atoms with Crippen LogP contribution >= 0.6 is 24.0 Å². The standard InChI is InChI=1S/C21H32N6O3.HI/c1-22-21(23-10-7-19-24-20(26-25-19)18-6-4-14-29-18)27-11-8-16(9-12-27)30-15-17-5-2-3-13-28-17;/h4,6,14,16-17H,2-3,5,7-13,15H2,1H3,(H,22,23)(H,24,25,26);1H. The third kappa shape index (κ3) is 6.91. The summed E-state index contributed by atoms with van der Waals surface area (Å²) in [6, 6.07) is 3.68. The Kier molecular flexibility index (Phi) is 9.59. The van der Waals surface area contributed by atoms with Crippen molar-refractivity contribution in [2.24, 2.45) is 4.99 Å². The van der Waals surface area contributed by atoms with Crippen LogP contribution in [0.2, 0.25) is 0 Å². The Hall–Kier alpha value is -1.66. The molecule has 2 aliphatic rings. The van der Waals surface area contributed by atoms with Gasteiger partial charge in [0.1, 0.15) is 5.82 Å². The molecule has 0 bridgehead atoms. The molecule has 2 saturated heterocycles. The third-order valence-electron chi connectivity index (χ3n) is 5.66. The molecule has 0 aliphatic carbocycles. The first-order chi connectivity index (χ1) is 14.8. The Labute approximate surface area is 200 Å². The molecular formula is C21H33IN6O3. The molecule has 172 valence electrons. The SMILES string of the molecule is CN=C(NCCc1nc(-c2ccco2)n[nH]1)N1CCC(OCC2CCCCO2)CC1.I. The van der Waals surface area contributed by atoms with E-state index < -0.39 is 0 Å². The summed E-state index contributed by atoms with van der Waals surface area (Å²) in [7, 11) is 1.83. The minimum atomic E-state index is 0. The molecule has 2 N–H and O–H groups in total. The Balaban J connectivity index is 0.00000272. The average molecular weight is 544 g/mol. The number of hydrogen-bond acceptors (Lipinski definition) is 6. The van der Waals surface area contributed by atoms with Crippen LogP contribution in [0.5, 0.6) is 0 Å². The van der Waals surface area contributed by atoms with E-state index in [0.717, 1.165) is 70.3 Å². The largest absolute Gasteiger partial charge is 0.461 e. The van der Waals surface area contributed by atoms with Crippen LogP contribution < -0.4 is 5.32 Å². The summed E-state index contributed by atoms with van der Waals surface area (Å²) in [5.74, 6) is 3.00. The van der Waals surface area contributed by atoms with Gasteiger partial charge in [-0.3, -0.25) is 10.1 Å². The lowest BCUT2D eigenvalue weighted by Gasteiger charge is -2.35. The Morgan fingerprint density at radius 1 is 1.32 bits per heavy atom. The molecule has 2 fully saturated rings. The number of nitrogens with zero attached hydrogens (tertiary/aromatic N) is 4. The lowest BCUT2D eigenvalue weighted by molar-refractivity contribution is -0.0721. The number of aliphatic imine (C=N–C) groups is 1. The van der Waals surface area contributed by atoms with Crippen LogP contribution in [0, 0.1) is 0 Å². The first-order valence-corrected chi connectivity index (χ1v) is 11.0. The molecule has 1 unspecified atom stereocenters. The van der Waals surface area contributed by atoms with Crippen molar-refractivity contribution in [3.63, 3.8) is 0 Å². The zero-order chi connectivity index (χ0) is 20.6. The molecular weight excluding hydrogens is 511 g/mol. The predicted molar refractivity (Wildman–Crippen MR) is 129 cm³/mol. The summed E-state index contributed by atoms with van der Waals surface area (Å²) in [6.07, 6.45) is 8.56. The number of aromatic amines is 1. The number of guanidine groups is 1. The Bertz CT molecular complexity index is 783. The van der Waals surface area contributed by atoms with Crippen molar-refractivity contribution < 1.29 is 13.9 Å². The van der Waals surface area contributed by atoms with E-state index in [2.05, 4.69) is 30.4 Å². The zero-order valence-electron chi connectivity index (χ0n) is 18.1. The Morgan fingerprint density at radius 3 is 2.90 bits per heavy atom. The van der Waals surface area contributed by atoms with Crippen LogP contribution in [0.4, 0.5) is 0 Å². The summed E-state index contributed by atoms with van der Waals surface area (Å²) in [5.41, 5.74) is 0. The second-order valence-corrected chi connectivity index (χ2v) is 7.82. The highest BCUT2D eigenvalue weighted by Gasteiger charge is 2.23. The van der Waals surface area contributed by atoms with Crippen molar-refractivity contribution >= 4 is 29.9 Å². The first kappa shape index (κ1) is 24.0. The van der Waals surface area contributed by atoms with E-state index in [1.54, 1.807) is 6.26 Å². The predicted octanol–water partition coefficient (Wildman–Crippen LogP) is 2.85. The molecule has 0 spiro atoms. The lowest BCUT2D eigenvalue weighted by atomic mass is 10.1. The molecule has 1 atom stereocenters. The van der Waals surface area contributed by atoms with Gasteiger partial charge in [0.2, 0.25) is 5.82 Å². The highest BCUT2D eigenvalue weighted by atomic mass is 127. The number of ether oxygens (including phenoxy) is 2. The summed E-state index contributed by atoms with van der Waals surface area (Å²) >= 11 is 0. The number of aromatic nitrogens is 3. The molecule has 0 radical (unpaired) electrons. The third-order valence-corrected chi connectivity index (χ3v) is 5.66. The molecule has 0 aromatic carbocycles. The van der Waals surface area contributed by atoms with Gasteiger partial charge in [-0.2, -0.15) is 5.10 Å². The number of likely N-dealkylation sites (tertiary alicyclic amines) is 1. The van der Waals surface area contributed by atoms with E-state index in [-0.39, 0.29) is 30.1 Å². The highest BCUT2D eigenvalue weighted by Crippen LogP contribution is 2.18. The van der Waals surface area contributed by atoms with Gasteiger partial charge >= 0.3 is 0 Å². The van der Waals surface area contributed by atoms with Crippen molar-refractivity contribution in [1.29, 1.82) is 0 Å². The van der Waals surface area contributed by atoms with Gasteiger partial charge < -0.3 is 24.1 Å². The van der Waals surface area contributed by atoms with E-state index in [1.165, 1.54) is 12.8 Å². The molecule has 9 nitrogen and oxygen atoms in total. The van der Waals surface area contributed by atoms with Gasteiger partial charge in [0, 0.05) is 39.7 Å². The number of rotatable bonds is 7. The number of piperidine rings is 1. The van der Waals surface area contributed by atoms with Gasteiger partial charge in [-0.25, -0.2) is 4.98 Å². The molecule has 2 aliphatic heterocycles. The molecule has 0 amide bonds. The van der Waals surface area contributed by atoms with Gasteiger partial charge in [0.05, 0.1) is 25.1 Å². The van der Waals surface area contributed by atoms with E-state index in [0.29, 0.717) is 17.7 Å². The second-order valence-electron chi connectivity index (χ2n) is 7.82. The number of halogens is 1. The van der Waals surface area contributed by atoms with Gasteiger partial charge in [0.15, 0.2) is 11.7 Å². The van der Waals surface area contributed by atoms with E-state index in [1.807, 2.05) is 19.2 Å². The molecule has 4 heterocycles. The average Bonchev–Trinajstić information content (AvgIpc) is 3.49. The summed E-state index contributed by atoms with van der Waals surface area (Å²) in [6.45, 7) is 4.23. The van der Waals surface area contributed by atoms with Gasteiger partial charge in [-0.1, -0.05) is 0 Å². The van der Waals surface area contributed by atoms with Crippen LogP contribution in [0.15, 0.2) is 27.8 Å². The second kappa shape index (κ2) is 12.4. The van der Waals surface area contributed by atoms with Crippen molar-refractivity contribution in [1.82, 2.24) is 25.4 Å². The maximum atomic E-state index is 6.12. The van der Waals surface area contributed by atoms with Crippen LogP contribution in [-0.4, -0.2) is 78.1 Å². The quantitative estimate of drug-likeness (QED) is 0.314. The van der Waals surface area contributed by atoms with Crippen molar-refractivity contribution in [3.05, 3.63) is 24.2 Å². The normalized spacial score (nSPS) is 20.5. The van der Waals surface area contributed by atoms with Crippen molar-refractivity contribution in [2.45, 2.75) is 50.7 Å². The first-order valence-electron chi connectivity index (χ1n) is 11.0. The molecule has 31 heavy (non-hydrogen) atoms. The number of nitrogens with one attached hydrogen (secondary N) is 2. The van der Waals surface area contributed by atoms with Crippen molar-refractivity contribution in [2.75, 3.05) is 39.9 Å². The van der Waals surface area contributed by atoms with E-state index in [9.17, 15) is 0 Å². The maximum Gasteiger partial charge on any atom is 0.216 e. The van der Waals surface area contributed by atoms with Crippen LogP contribution in [0.25, 0.3) is 11.6 Å². The Morgan fingerprint density at radius 2 is 2.19 bits per heavy atom.